The minimum Gasteiger partial charge on any atom is -0.0651 e. The Morgan fingerprint density at radius 1 is 1.00 bits per heavy atom. The molecule has 1 rings (SSSR count). The predicted octanol–water partition coefficient (Wildman–Crippen LogP) is 5.52. The van der Waals surface area contributed by atoms with Crippen molar-refractivity contribution in [2.45, 2.75) is 73.6 Å². The highest BCUT2D eigenvalue weighted by Gasteiger charge is 2.32. The highest BCUT2D eigenvalue weighted by atomic mass is 14.4. The lowest BCUT2D eigenvalue weighted by Crippen LogP contribution is -2.17. The van der Waals surface area contributed by atoms with E-state index in [1.807, 2.05) is 0 Å². The lowest BCUT2D eigenvalue weighted by molar-refractivity contribution is 0.230. The summed E-state index contributed by atoms with van der Waals surface area (Å²) in [4.78, 5) is 0. The Hall–Kier alpha value is 0. The summed E-state index contributed by atoms with van der Waals surface area (Å²) in [5.74, 6) is 3.91. The maximum absolute atomic E-state index is 2.48. The maximum atomic E-state index is 2.48. The third-order valence-electron chi connectivity index (χ3n) is 4.70. The summed E-state index contributed by atoms with van der Waals surface area (Å²) in [7, 11) is 0. The SMILES string of the molecule is CCC(C)C1CCC(C(C)CC(C)(C)C)C1. The minimum absolute atomic E-state index is 0.508. The molecule has 1 saturated carbocycles. The fourth-order valence-corrected chi connectivity index (χ4v) is 3.55. The summed E-state index contributed by atoms with van der Waals surface area (Å²) < 4.78 is 0. The average molecular weight is 224 g/mol. The molecule has 16 heavy (non-hydrogen) atoms. The van der Waals surface area contributed by atoms with Gasteiger partial charge in [0, 0.05) is 0 Å². The minimum atomic E-state index is 0.508. The predicted molar refractivity (Wildman–Crippen MR) is 73.5 cm³/mol. The van der Waals surface area contributed by atoms with Gasteiger partial charge in [-0.25, -0.2) is 0 Å². The second-order valence-electron chi connectivity index (χ2n) is 7.46. The largest absolute Gasteiger partial charge is 0.0651 e. The van der Waals surface area contributed by atoms with Crippen LogP contribution in [0.4, 0.5) is 0 Å². The Bertz CT molecular complexity index is 199. The normalized spacial score (nSPS) is 30.4. The van der Waals surface area contributed by atoms with Gasteiger partial charge < -0.3 is 0 Å². The van der Waals surface area contributed by atoms with E-state index in [2.05, 4.69) is 41.5 Å². The Labute approximate surface area is 103 Å². The zero-order valence-electron chi connectivity index (χ0n) is 12.3. The first kappa shape index (κ1) is 14.1. The molecular formula is C16H32. The molecule has 0 aliphatic heterocycles. The molecule has 0 aromatic heterocycles. The van der Waals surface area contributed by atoms with E-state index in [9.17, 15) is 0 Å². The first-order valence-electron chi connectivity index (χ1n) is 7.33. The summed E-state index contributed by atoms with van der Waals surface area (Å²) in [6.45, 7) is 14.4. The van der Waals surface area contributed by atoms with Crippen molar-refractivity contribution in [3.63, 3.8) is 0 Å². The molecule has 0 bridgehead atoms. The van der Waals surface area contributed by atoms with Gasteiger partial charge in [0.2, 0.25) is 0 Å². The zero-order valence-corrected chi connectivity index (χ0v) is 12.3. The third-order valence-corrected chi connectivity index (χ3v) is 4.70. The Morgan fingerprint density at radius 3 is 1.94 bits per heavy atom. The van der Waals surface area contributed by atoms with Crippen LogP contribution in [0.5, 0.6) is 0 Å². The standard InChI is InChI=1S/C16H32/c1-7-12(2)14-8-9-15(10-14)13(3)11-16(4,5)6/h12-15H,7-11H2,1-6H3. The molecule has 1 aliphatic rings. The van der Waals surface area contributed by atoms with Gasteiger partial charge >= 0.3 is 0 Å². The fraction of sp³-hybridized carbons (Fsp3) is 1.00. The Morgan fingerprint density at radius 2 is 1.50 bits per heavy atom. The molecule has 0 amide bonds. The highest BCUT2D eigenvalue weighted by Crippen LogP contribution is 2.43. The quantitative estimate of drug-likeness (QED) is 0.589. The van der Waals surface area contributed by atoms with Gasteiger partial charge in [0.1, 0.15) is 0 Å². The summed E-state index contributed by atoms with van der Waals surface area (Å²) >= 11 is 0. The van der Waals surface area contributed by atoms with E-state index >= 15 is 0 Å². The van der Waals surface area contributed by atoms with Crippen LogP contribution in [0.1, 0.15) is 73.6 Å². The van der Waals surface area contributed by atoms with Crippen molar-refractivity contribution >= 4 is 0 Å². The second-order valence-corrected chi connectivity index (χ2v) is 7.46. The lowest BCUT2D eigenvalue weighted by Gasteiger charge is -2.28. The van der Waals surface area contributed by atoms with Crippen molar-refractivity contribution in [2.24, 2.45) is 29.1 Å². The van der Waals surface area contributed by atoms with Gasteiger partial charge in [-0.3, -0.25) is 0 Å². The van der Waals surface area contributed by atoms with Crippen LogP contribution in [0.3, 0.4) is 0 Å². The summed E-state index contributed by atoms with van der Waals surface area (Å²) in [6, 6.07) is 0. The van der Waals surface area contributed by atoms with E-state index in [1.165, 1.54) is 32.1 Å². The molecular weight excluding hydrogens is 192 g/mol. The van der Waals surface area contributed by atoms with Crippen LogP contribution >= 0.6 is 0 Å². The van der Waals surface area contributed by atoms with Crippen molar-refractivity contribution in [3.05, 3.63) is 0 Å². The van der Waals surface area contributed by atoms with Crippen LogP contribution in [0.25, 0.3) is 0 Å². The number of hydrogen-bond acceptors (Lipinski definition) is 0. The van der Waals surface area contributed by atoms with E-state index in [4.69, 9.17) is 0 Å². The van der Waals surface area contributed by atoms with Crippen molar-refractivity contribution in [2.75, 3.05) is 0 Å². The smallest absolute Gasteiger partial charge is 0.0380 e. The monoisotopic (exact) mass is 224 g/mol. The Balaban J connectivity index is 2.40. The maximum Gasteiger partial charge on any atom is -0.0380 e. The van der Waals surface area contributed by atoms with Crippen molar-refractivity contribution < 1.29 is 0 Å². The molecule has 0 saturated heterocycles. The number of rotatable bonds is 4. The van der Waals surface area contributed by atoms with Crippen LogP contribution in [-0.2, 0) is 0 Å². The molecule has 0 aromatic rings. The van der Waals surface area contributed by atoms with Crippen molar-refractivity contribution in [3.8, 4) is 0 Å². The van der Waals surface area contributed by atoms with Crippen LogP contribution in [0, 0.1) is 29.1 Å². The van der Waals surface area contributed by atoms with E-state index < -0.39 is 0 Å². The van der Waals surface area contributed by atoms with Gasteiger partial charge in [0.25, 0.3) is 0 Å². The summed E-state index contributed by atoms with van der Waals surface area (Å²) in [5, 5.41) is 0. The van der Waals surface area contributed by atoms with Crippen molar-refractivity contribution in [1.29, 1.82) is 0 Å². The van der Waals surface area contributed by atoms with Gasteiger partial charge in [-0.1, -0.05) is 48.0 Å². The van der Waals surface area contributed by atoms with Crippen LogP contribution in [0.2, 0.25) is 0 Å². The van der Waals surface area contributed by atoms with Gasteiger partial charge in [-0.2, -0.15) is 0 Å². The molecule has 0 N–H and O–H groups in total. The summed E-state index contributed by atoms with van der Waals surface area (Å²) in [5.41, 5.74) is 0.508. The molecule has 0 heteroatoms. The third kappa shape index (κ3) is 4.11. The molecule has 1 aliphatic carbocycles. The molecule has 96 valence electrons. The molecule has 0 heterocycles. The van der Waals surface area contributed by atoms with Crippen molar-refractivity contribution in [1.82, 2.24) is 0 Å². The number of hydrogen-bond donors (Lipinski definition) is 0. The lowest BCUT2D eigenvalue weighted by atomic mass is 9.78. The van der Waals surface area contributed by atoms with Gasteiger partial charge in [-0.15, -0.1) is 0 Å². The van der Waals surface area contributed by atoms with Crippen LogP contribution in [-0.4, -0.2) is 0 Å². The second kappa shape index (κ2) is 5.56. The van der Waals surface area contributed by atoms with E-state index in [0.717, 1.165) is 23.7 Å². The van der Waals surface area contributed by atoms with Gasteiger partial charge in [0.05, 0.1) is 0 Å². The van der Waals surface area contributed by atoms with Crippen LogP contribution in [0.15, 0.2) is 0 Å². The topological polar surface area (TPSA) is 0 Å². The fourth-order valence-electron chi connectivity index (χ4n) is 3.55. The van der Waals surface area contributed by atoms with Crippen LogP contribution < -0.4 is 0 Å². The molecule has 1 fully saturated rings. The average Bonchev–Trinajstić information content (AvgIpc) is 2.62. The first-order chi connectivity index (χ1) is 7.33. The molecule has 0 spiro atoms. The first-order valence-corrected chi connectivity index (χ1v) is 7.33. The van der Waals surface area contributed by atoms with E-state index in [-0.39, 0.29) is 0 Å². The summed E-state index contributed by atoms with van der Waals surface area (Å²) in [6.07, 6.45) is 7.25. The Kier molecular flexibility index (Phi) is 4.88. The molecule has 4 unspecified atom stereocenters. The van der Waals surface area contributed by atoms with E-state index in [1.54, 1.807) is 0 Å². The van der Waals surface area contributed by atoms with E-state index in [0.29, 0.717) is 5.41 Å². The molecule has 0 aromatic carbocycles. The van der Waals surface area contributed by atoms with Gasteiger partial charge in [-0.05, 0) is 54.8 Å². The zero-order chi connectivity index (χ0) is 12.3. The molecule has 4 atom stereocenters. The molecule has 0 nitrogen and oxygen atoms in total. The highest BCUT2D eigenvalue weighted by molar-refractivity contribution is 4.83. The van der Waals surface area contributed by atoms with Gasteiger partial charge in [0.15, 0.2) is 0 Å². The molecule has 0 radical (unpaired) electrons.